The Morgan fingerprint density at radius 3 is 2.14 bits per heavy atom. The average molecular weight is 289 g/mol. The van der Waals surface area contributed by atoms with Crippen LogP contribution in [0, 0.1) is 0 Å². The molecule has 21 heavy (non-hydrogen) atoms. The first-order chi connectivity index (χ1) is 10.2. The van der Waals surface area contributed by atoms with Crippen LogP contribution in [0.2, 0.25) is 0 Å². The van der Waals surface area contributed by atoms with Crippen LogP contribution < -0.4 is 15.2 Å². The van der Waals surface area contributed by atoms with Crippen molar-refractivity contribution in [1.29, 1.82) is 0 Å². The minimum absolute atomic E-state index is 0.0732. The van der Waals surface area contributed by atoms with Gasteiger partial charge in [0.1, 0.15) is 30.8 Å². The zero-order chi connectivity index (χ0) is 15.1. The third kappa shape index (κ3) is 4.37. The van der Waals surface area contributed by atoms with Crippen LogP contribution >= 0.6 is 0 Å². The topological polar surface area (TPSA) is 84.9 Å². The quantitative estimate of drug-likeness (QED) is 0.674. The van der Waals surface area contributed by atoms with E-state index >= 15 is 0 Å². The summed E-state index contributed by atoms with van der Waals surface area (Å²) in [5.74, 6) is 1.09. The highest BCUT2D eigenvalue weighted by Gasteiger charge is 2.09. The van der Waals surface area contributed by atoms with E-state index in [9.17, 15) is 10.2 Å². The van der Waals surface area contributed by atoms with Gasteiger partial charge >= 0.3 is 0 Å². The number of anilines is 1. The molecule has 2 aromatic carbocycles. The Hall–Kier alpha value is -2.24. The normalized spacial score (nSPS) is 11.9. The predicted molar refractivity (Wildman–Crippen MR) is 80.2 cm³/mol. The van der Waals surface area contributed by atoms with Crippen LogP contribution in [0.1, 0.15) is 5.56 Å². The molecule has 1 atom stereocenters. The maximum Gasteiger partial charge on any atom is 0.142 e. The van der Waals surface area contributed by atoms with Crippen molar-refractivity contribution in [3.63, 3.8) is 0 Å². The van der Waals surface area contributed by atoms with Crippen molar-refractivity contribution in [1.82, 2.24) is 0 Å². The van der Waals surface area contributed by atoms with Crippen molar-refractivity contribution in [2.75, 3.05) is 18.9 Å². The predicted octanol–water partition coefficient (Wildman–Crippen LogP) is 1.58. The summed E-state index contributed by atoms with van der Waals surface area (Å²) in [5, 5.41) is 19.1. The van der Waals surface area contributed by atoms with Gasteiger partial charge < -0.3 is 25.4 Å². The van der Waals surface area contributed by atoms with Gasteiger partial charge in [0.05, 0.1) is 12.3 Å². The number of ether oxygens (including phenoxy) is 2. The number of rotatable bonds is 7. The number of nitrogen functional groups attached to an aromatic ring is 1. The molecule has 1 unspecified atom stereocenters. The lowest BCUT2D eigenvalue weighted by Crippen LogP contribution is -2.25. The van der Waals surface area contributed by atoms with E-state index in [-0.39, 0.29) is 19.8 Å². The Kier molecular flexibility index (Phi) is 5.43. The van der Waals surface area contributed by atoms with Gasteiger partial charge in [-0.3, -0.25) is 0 Å². The smallest absolute Gasteiger partial charge is 0.142 e. The minimum atomic E-state index is -0.795. The second-order valence-corrected chi connectivity index (χ2v) is 4.58. The molecule has 0 bridgehead atoms. The van der Waals surface area contributed by atoms with E-state index in [4.69, 9.17) is 15.2 Å². The minimum Gasteiger partial charge on any atom is -0.490 e. The van der Waals surface area contributed by atoms with Gasteiger partial charge in [-0.1, -0.05) is 30.3 Å². The van der Waals surface area contributed by atoms with E-state index in [1.54, 1.807) is 24.3 Å². The molecule has 5 nitrogen and oxygen atoms in total. The fourth-order valence-electron chi connectivity index (χ4n) is 1.81. The molecule has 0 saturated carbocycles. The van der Waals surface area contributed by atoms with Crippen LogP contribution in [0.25, 0.3) is 0 Å². The van der Waals surface area contributed by atoms with Crippen molar-refractivity contribution in [2.45, 2.75) is 12.7 Å². The van der Waals surface area contributed by atoms with Crippen LogP contribution in [0.15, 0.2) is 48.5 Å². The summed E-state index contributed by atoms with van der Waals surface area (Å²) in [5.41, 5.74) is 6.95. The summed E-state index contributed by atoms with van der Waals surface area (Å²) in [6.07, 6.45) is -0.795. The molecular formula is C16H19NO4. The zero-order valence-corrected chi connectivity index (χ0v) is 11.6. The number of hydrogen-bond acceptors (Lipinski definition) is 5. The number of para-hydroxylation sites is 3. The zero-order valence-electron chi connectivity index (χ0n) is 11.6. The molecule has 0 aliphatic carbocycles. The van der Waals surface area contributed by atoms with Crippen molar-refractivity contribution >= 4 is 5.69 Å². The summed E-state index contributed by atoms with van der Waals surface area (Å²) in [4.78, 5) is 0. The second-order valence-electron chi connectivity index (χ2n) is 4.58. The highest BCUT2D eigenvalue weighted by Crippen LogP contribution is 2.20. The summed E-state index contributed by atoms with van der Waals surface area (Å²) in [6.45, 7) is 0.0442. The first-order valence-electron chi connectivity index (χ1n) is 6.67. The Bertz CT molecular complexity index is 574. The number of benzene rings is 2. The largest absolute Gasteiger partial charge is 0.490 e. The second kappa shape index (κ2) is 7.52. The maximum atomic E-state index is 9.87. The molecule has 0 aromatic heterocycles. The number of nitrogens with two attached hydrogens (primary N) is 1. The lowest BCUT2D eigenvalue weighted by Gasteiger charge is -2.15. The van der Waals surface area contributed by atoms with Crippen molar-refractivity contribution in [3.05, 3.63) is 54.1 Å². The Morgan fingerprint density at radius 2 is 1.48 bits per heavy atom. The van der Waals surface area contributed by atoms with Gasteiger partial charge in [0, 0.05) is 5.56 Å². The molecule has 0 aliphatic heterocycles. The molecular weight excluding hydrogens is 270 g/mol. The van der Waals surface area contributed by atoms with Gasteiger partial charge in [-0.25, -0.2) is 0 Å². The average Bonchev–Trinajstić information content (AvgIpc) is 2.52. The molecule has 0 heterocycles. The third-order valence-corrected chi connectivity index (χ3v) is 2.92. The van der Waals surface area contributed by atoms with Crippen LogP contribution in [-0.2, 0) is 6.61 Å². The molecule has 2 rings (SSSR count). The highest BCUT2D eigenvalue weighted by molar-refractivity contribution is 5.51. The fraction of sp³-hybridized carbons (Fsp3) is 0.250. The molecule has 4 N–H and O–H groups in total. The summed E-state index contributed by atoms with van der Waals surface area (Å²) < 4.78 is 10.9. The van der Waals surface area contributed by atoms with E-state index in [2.05, 4.69) is 0 Å². The molecule has 0 aliphatic rings. The van der Waals surface area contributed by atoms with Gasteiger partial charge in [-0.15, -0.1) is 0 Å². The molecule has 5 heteroatoms. The maximum absolute atomic E-state index is 9.87. The van der Waals surface area contributed by atoms with E-state index < -0.39 is 6.10 Å². The van der Waals surface area contributed by atoms with Crippen LogP contribution in [0.5, 0.6) is 11.5 Å². The molecule has 2 aromatic rings. The molecule has 0 fully saturated rings. The lowest BCUT2D eigenvalue weighted by atomic mass is 10.2. The standard InChI is InChI=1S/C16H19NO4/c17-14-6-2-4-8-16(14)21-11-13(19)10-20-15-7-3-1-5-12(15)9-18/h1-8,13,18-19H,9-11,17H2. The number of hydrogen-bond donors (Lipinski definition) is 3. The summed E-state index contributed by atoms with van der Waals surface area (Å²) >= 11 is 0. The number of aliphatic hydroxyl groups excluding tert-OH is 2. The van der Waals surface area contributed by atoms with Crippen LogP contribution in [0.3, 0.4) is 0 Å². The first-order valence-corrected chi connectivity index (χ1v) is 6.67. The van der Waals surface area contributed by atoms with E-state index in [1.807, 2.05) is 24.3 Å². The Balaban J connectivity index is 1.82. The lowest BCUT2D eigenvalue weighted by molar-refractivity contribution is 0.0621. The van der Waals surface area contributed by atoms with Crippen molar-refractivity contribution < 1.29 is 19.7 Å². The van der Waals surface area contributed by atoms with Crippen molar-refractivity contribution in [3.8, 4) is 11.5 Å². The first kappa shape index (κ1) is 15.2. The van der Waals surface area contributed by atoms with Gasteiger partial charge in [0.25, 0.3) is 0 Å². The van der Waals surface area contributed by atoms with Gasteiger partial charge in [0.15, 0.2) is 0 Å². The monoisotopic (exact) mass is 289 g/mol. The Morgan fingerprint density at radius 1 is 0.905 bits per heavy atom. The van der Waals surface area contributed by atoms with Gasteiger partial charge in [-0.05, 0) is 18.2 Å². The SMILES string of the molecule is Nc1ccccc1OCC(O)COc1ccccc1CO. The highest BCUT2D eigenvalue weighted by atomic mass is 16.5. The molecule has 0 radical (unpaired) electrons. The van der Waals surface area contributed by atoms with Gasteiger partial charge in [-0.2, -0.15) is 0 Å². The summed E-state index contributed by atoms with van der Waals surface area (Å²) in [7, 11) is 0. The molecule has 0 saturated heterocycles. The fourth-order valence-corrected chi connectivity index (χ4v) is 1.81. The molecule has 112 valence electrons. The summed E-state index contributed by atoms with van der Waals surface area (Å²) in [6, 6.07) is 14.2. The number of aliphatic hydroxyl groups is 2. The molecule has 0 spiro atoms. The van der Waals surface area contributed by atoms with E-state index in [1.165, 1.54) is 0 Å². The van der Waals surface area contributed by atoms with Gasteiger partial charge in [0.2, 0.25) is 0 Å². The van der Waals surface area contributed by atoms with Crippen molar-refractivity contribution in [2.24, 2.45) is 0 Å². The molecule has 0 amide bonds. The Labute approximate surface area is 123 Å². The van der Waals surface area contributed by atoms with Crippen LogP contribution in [0.4, 0.5) is 5.69 Å². The van der Waals surface area contributed by atoms with E-state index in [0.717, 1.165) is 0 Å². The third-order valence-electron chi connectivity index (χ3n) is 2.92. The van der Waals surface area contributed by atoms with Crippen LogP contribution in [-0.4, -0.2) is 29.5 Å². The van der Waals surface area contributed by atoms with E-state index in [0.29, 0.717) is 22.7 Å².